The van der Waals surface area contributed by atoms with Crippen molar-refractivity contribution >= 4 is 5.97 Å². The molecule has 0 heterocycles. The van der Waals surface area contributed by atoms with Gasteiger partial charge in [-0.1, -0.05) is 27.7 Å². The fourth-order valence-electron chi connectivity index (χ4n) is 3.15. The molecule has 112 valence electrons. The van der Waals surface area contributed by atoms with E-state index in [-0.39, 0.29) is 12.1 Å². The second kappa shape index (κ2) is 6.74. The predicted octanol–water partition coefficient (Wildman–Crippen LogP) is 3.68. The van der Waals surface area contributed by atoms with Crippen LogP contribution in [0.5, 0.6) is 0 Å². The Morgan fingerprint density at radius 2 is 1.79 bits per heavy atom. The molecular weight excluding hydrogens is 238 g/mol. The Labute approximate surface area is 118 Å². The van der Waals surface area contributed by atoms with Gasteiger partial charge in [-0.3, -0.25) is 4.79 Å². The summed E-state index contributed by atoms with van der Waals surface area (Å²) in [5.74, 6) is 0.353. The summed E-state index contributed by atoms with van der Waals surface area (Å²) in [6.45, 7) is 11.0. The van der Waals surface area contributed by atoms with Crippen LogP contribution in [0, 0.1) is 17.3 Å². The maximum absolute atomic E-state index is 11.5. The lowest BCUT2D eigenvalue weighted by molar-refractivity contribution is -0.141. The number of carbonyl (C=O) groups is 1. The van der Waals surface area contributed by atoms with E-state index in [0.717, 1.165) is 25.2 Å². The van der Waals surface area contributed by atoms with Crippen LogP contribution in [0.2, 0.25) is 0 Å². The highest BCUT2D eigenvalue weighted by molar-refractivity contribution is 5.74. The van der Waals surface area contributed by atoms with E-state index < -0.39 is 5.97 Å². The van der Waals surface area contributed by atoms with Gasteiger partial charge in [0.15, 0.2) is 0 Å². The van der Waals surface area contributed by atoms with E-state index in [9.17, 15) is 9.90 Å². The van der Waals surface area contributed by atoms with Gasteiger partial charge in [0.05, 0.1) is 0 Å². The van der Waals surface area contributed by atoms with Crippen LogP contribution in [0.1, 0.15) is 66.7 Å². The zero-order valence-electron chi connectivity index (χ0n) is 13.2. The highest BCUT2D eigenvalue weighted by Crippen LogP contribution is 2.40. The van der Waals surface area contributed by atoms with E-state index in [1.165, 1.54) is 12.8 Å². The molecule has 0 bridgehead atoms. The first kappa shape index (κ1) is 16.5. The monoisotopic (exact) mass is 269 g/mol. The van der Waals surface area contributed by atoms with E-state index in [4.69, 9.17) is 0 Å². The maximum atomic E-state index is 11.5. The summed E-state index contributed by atoms with van der Waals surface area (Å²) < 4.78 is 0. The summed E-state index contributed by atoms with van der Waals surface area (Å²) >= 11 is 0. The van der Waals surface area contributed by atoms with Gasteiger partial charge in [0.2, 0.25) is 0 Å². The van der Waals surface area contributed by atoms with E-state index in [1.54, 1.807) is 0 Å². The number of rotatable bonds is 5. The first-order valence-corrected chi connectivity index (χ1v) is 7.74. The topological polar surface area (TPSA) is 49.3 Å². The second-order valence-electron chi connectivity index (χ2n) is 7.27. The van der Waals surface area contributed by atoms with Crippen LogP contribution in [0.25, 0.3) is 0 Å². The van der Waals surface area contributed by atoms with Crippen LogP contribution >= 0.6 is 0 Å². The molecular formula is C16H31NO2. The SMILES string of the molecule is CCC(C)NC(C(=O)O)C1CCC(C(C)(C)C)CC1. The van der Waals surface area contributed by atoms with Gasteiger partial charge in [-0.05, 0) is 56.3 Å². The van der Waals surface area contributed by atoms with Crippen molar-refractivity contribution in [1.82, 2.24) is 5.32 Å². The Morgan fingerprint density at radius 1 is 1.26 bits per heavy atom. The predicted molar refractivity (Wildman–Crippen MR) is 79.2 cm³/mol. The Kier molecular flexibility index (Phi) is 5.84. The molecule has 1 saturated carbocycles. The minimum Gasteiger partial charge on any atom is -0.480 e. The summed E-state index contributed by atoms with van der Waals surface area (Å²) in [5, 5.41) is 12.7. The Bertz CT molecular complexity index is 288. The first-order chi connectivity index (χ1) is 8.75. The molecule has 19 heavy (non-hydrogen) atoms. The average Bonchev–Trinajstić information content (AvgIpc) is 2.34. The summed E-state index contributed by atoms with van der Waals surface area (Å²) in [6.07, 6.45) is 5.39. The molecule has 0 aliphatic heterocycles. The number of carboxylic acid groups (broad SMARTS) is 1. The van der Waals surface area contributed by atoms with Crippen LogP contribution in [0.3, 0.4) is 0 Å². The standard InChI is InChI=1S/C16H31NO2/c1-6-11(2)17-14(15(18)19)12-7-9-13(10-8-12)16(3,4)5/h11-14,17H,6-10H2,1-5H3,(H,18,19). The molecule has 0 saturated heterocycles. The second-order valence-corrected chi connectivity index (χ2v) is 7.27. The molecule has 2 atom stereocenters. The number of hydrogen-bond acceptors (Lipinski definition) is 2. The molecule has 3 nitrogen and oxygen atoms in total. The third-order valence-electron chi connectivity index (χ3n) is 4.81. The van der Waals surface area contributed by atoms with Crippen molar-refractivity contribution in [3.05, 3.63) is 0 Å². The van der Waals surface area contributed by atoms with E-state index in [2.05, 4.69) is 39.9 Å². The van der Waals surface area contributed by atoms with Gasteiger partial charge < -0.3 is 10.4 Å². The summed E-state index contributed by atoms with van der Waals surface area (Å²) in [6, 6.07) is -0.0858. The van der Waals surface area contributed by atoms with Crippen molar-refractivity contribution in [1.29, 1.82) is 0 Å². The lowest BCUT2D eigenvalue weighted by Crippen LogP contribution is -2.48. The smallest absolute Gasteiger partial charge is 0.320 e. The molecule has 0 amide bonds. The quantitative estimate of drug-likeness (QED) is 0.800. The van der Waals surface area contributed by atoms with Gasteiger partial charge in [0.1, 0.15) is 6.04 Å². The Hall–Kier alpha value is -0.570. The fourth-order valence-corrected chi connectivity index (χ4v) is 3.15. The summed E-state index contributed by atoms with van der Waals surface area (Å²) in [5.41, 5.74) is 0.355. The van der Waals surface area contributed by atoms with E-state index in [0.29, 0.717) is 11.3 Å². The molecule has 0 spiro atoms. The van der Waals surface area contributed by atoms with Crippen LogP contribution in [-0.4, -0.2) is 23.2 Å². The third kappa shape index (κ3) is 4.79. The maximum Gasteiger partial charge on any atom is 0.320 e. The minimum absolute atomic E-state index is 0.279. The highest BCUT2D eigenvalue weighted by atomic mass is 16.4. The summed E-state index contributed by atoms with van der Waals surface area (Å²) in [7, 11) is 0. The molecule has 1 aliphatic carbocycles. The van der Waals surface area contributed by atoms with Gasteiger partial charge in [0, 0.05) is 6.04 Å². The zero-order chi connectivity index (χ0) is 14.6. The normalized spacial score (nSPS) is 27.8. The highest BCUT2D eigenvalue weighted by Gasteiger charge is 2.35. The molecule has 0 radical (unpaired) electrons. The van der Waals surface area contributed by atoms with E-state index >= 15 is 0 Å². The van der Waals surface area contributed by atoms with Gasteiger partial charge in [0.25, 0.3) is 0 Å². The molecule has 0 aromatic heterocycles. The largest absolute Gasteiger partial charge is 0.480 e. The molecule has 1 fully saturated rings. The van der Waals surface area contributed by atoms with Crippen LogP contribution in [-0.2, 0) is 4.79 Å². The van der Waals surface area contributed by atoms with Gasteiger partial charge in [-0.25, -0.2) is 0 Å². The molecule has 1 aliphatic rings. The summed E-state index contributed by atoms with van der Waals surface area (Å²) in [4.78, 5) is 11.5. The van der Waals surface area contributed by atoms with E-state index in [1.807, 2.05) is 0 Å². The number of hydrogen-bond donors (Lipinski definition) is 2. The zero-order valence-corrected chi connectivity index (χ0v) is 13.2. The van der Waals surface area contributed by atoms with Crippen molar-refractivity contribution in [2.75, 3.05) is 0 Å². The molecule has 0 aromatic rings. The third-order valence-corrected chi connectivity index (χ3v) is 4.81. The van der Waals surface area contributed by atoms with Crippen LogP contribution in [0.4, 0.5) is 0 Å². The molecule has 2 unspecified atom stereocenters. The van der Waals surface area contributed by atoms with Crippen molar-refractivity contribution in [2.24, 2.45) is 17.3 Å². The van der Waals surface area contributed by atoms with Crippen LogP contribution in [0.15, 0.2) is 0 Å². The van der Waals surface area contributed by atoms with Gasteiger partial charge in [-0.15, -0.1) is 0 Å². The number of carboxylic acids is 1. The Morgan fingerprint density at radius 3 is 2.16 bits per heavy atom. The fraction of sp³-hybridized carbons (Fsp3) is 0.938. The number of aliphatic carboxylic acids is 1. The van der Waals surface area contributed by atoms with Crippen molar-refractivity contribution < 1.29 is 9.90 Å². The van der Waals surface area contributed by atoms with Crippen molar-refractivity contribution in [2.45, 2.75) is 78.8 Å². The Balaban J connectivity index is 2.57. The lowest BCUT2D eigenvalue weighted by Gasteiger charge is -2.39. The minimum atomic E-state index is -0.681. The molecule has 1 rings (SSSR count). The molecule has 2 N–H and O–H groups in total. The van der Waals surface area contributed by atoms with Crippen LogP contribution < -0.4 is 5.32 Å². The first-order valence-electron chi connectivity index (χ1n) is 7.74. The molecule has 3 heteroatoms. The lowest BCUT2D eigenvalue weighted by atomic mass is 9.68. The van der Waals surface area contributed by atoms with Crippen molar-refractivity contribution in [3.8, 4) is 0 Å². The average molecular weight is 269 g/mol. The molecule has 0 aromatic carbocycles. The van der Waals surface area contributed by atoms with Gasteiger partial charge in [-0.2, -0.15) is 0 Å². The van der Waals surface area contributed by atoms with Gasteiger partial charge >= 0.3 is 5.97 Å². The number of nitrogens with one attached hydrogen (secondary N) is 1. The van der Waals surface area contributed by atoms with Crippen molar-refractivity contribution in [3.63, 3.8) is 0 Å².